The molecule has 7 heterocycles. The van der Waals surface area contributed by atoms with Crippen molar-refractivity contribution in [2.45, 2.75) is 13.8 Å². The van der Waals surface area contributed by atoms with E-state index >= 15 is 0 Å². The van der Waals surface area contributed by atoms with Crippen LogP contribution in [-0.4, -0.2) is 57.9 Å². The lowest BCUT2D eigenvalue weighted by atomic mass is 10.1. The van der Waals surface area contributed by atoms with Gasteiger partial charge < -0.3 is 18.6 Å². The van der Waals surface area contributed by atoms with Gasteiger partial charge in [0.15, 0.2) is 11.5 Å². The molecule has 7 aromatic heterocycles. The Balaban J connectivity index is 0.817. The Morgan fingerprint density at radius 2 is 0.663 bits per heavy atom. The molecule has 0 aliphatic carbocycles. The van der Waals surface area contributed by atoms with Crippen LogP contribution in [0.5, 0.6) is 23.0 Å². The van der Waals surface area contributed by atoms with Gasteiger partial charge in [0.1, 0.15) is 23.1 Å². The van der Waals surface area contributed by atoms with Crippen molar-refractivity contribution < 1.29 is 29.2 Å². The van der Waals surface area contributed by atoms with Crippen molar-refractivity contribution in [3.63, 3.8) is 0 Å². The minimum absolute atomic E-state index is 0.189. The summed E-state index contributed by atoms with van der Waals surface area (Å²) in [4.78, 5) is 66.6. The zero-order valence-electron chi connectivity index (χ0n) is 51.5. The van der Waals surface area contributed by atoms with Crippen molar-refractivity contribution in [1.82, 2.24) is 38.2 Å². The molecular formula is C76H46N12O10. The number of hydrogen-bond acceptors (Lipinski definition) is 14. The Bertz CT molecular complexity index is 5810. The number of ether oxygens (including phenoxy) is 2. The van der Waals surface area contributed by atoms with Crippen LogP contribution >= 0.6 is 0 Å². The van der Waals surface area contributed by atoms with Crippen LogP contribution in [-0.2, 0) is 0 Å². The minimum atomic E-state index is -0.504. The summed E-state index contributed by atoms with van der Waals surface area (Å²) in [6.07, 6.45) is 6.83. The van der Waals surface area contributed by atoms with Crippen molar-refractivity contribution in [1.29, 1.82) is 0 Å². The molecule has 0 unspecified atom stereocenters. The van der Waals surface area contributed by atoms with E-state index in [1.165, 1.54) is 48.5 Å². The molecule has 0 saturated carbocycles. The van der Waals surface area contributed by atoms with Gasteiger partial charge in [-0.3, -0.25) is 59.6 Å². The Morgan fingerprint density at radius 1 is 0.316 bits per heavy atom. The highest BCUT2D eigenvalue weighted by molar-refractivity contribution is 6.14. The lowest BCUT2D eigenvalue weighted by molar-refractivity contribution is -0.385. The number of pyridine rings is 2. The van der Waals surface area contributed by atoms with E-state index in [4.69, 9.17) is 29.4 Å². The summed E-state index contributed by atoms with van der Waals surface area (Å²) in [5, 5.41) is 54.6. The topological polar surface area (TPSA) is 262 Å². The summed E-state index contributed by atoms with van der Waals surface area (Å²) >= 11 is 0. The molecule has 0 fully saturated rings. The second-order valence-electron chi connectivity index (χ2n) is 23.8. The second kappa shape index (κ2) is 22.3. The number of nitrogens with zero attached hydrogens (tertiary/aromatic N) is 12. The smallest absolute Gasteiger partial charge is 0.270 e. The maximum absolute atomic E-state index is 12.2. The summed E-state index contributed by atoms with van der Waals surface area (Å²) in [5.74, 6) is 3.01. The van der Waals surface area contributed by atoms with E-state index in [9.17, 15) is 40.5 Å². The molecule has 0 spiro atoms. The molecular weight excluding hydrogens is 1240 g/mol. The molecule has 0 radical (unpaired) electrons. The van der Waals surface area contributed by atoms with Crippen molar-refractivity contribution in [3.8, 4) is 68.5 Å². The van der Waals surface area contributed by atoms with E-state index in [-0.39, 0.29) is 22.7 Å². The van der Waals surface area contributed by atoms with Gasteiger partial charge in [-0.05, 0) is 134 Å². The fourth-order valence-corrected chi connectivity index (χ4v) is 13.5. The highest BCUT2D eigenvalue weighted by Crippen LogP contribution is 2.45. The van der Waals surface area contributed by atoms with E-state index in [1.54, 1.807) is 49.1 Å². The lowest BCUT2D eigenvalue weighted by Gasteiger charge is -2.17. The third kappa shape index (κ3) is 9.49. The van der Waals surface area contributed by atoms with Crippen LogP contribution in [0.3, 0.4) is 0 Å². The molecule has 0 aliphatic rings. The van der Waals surface area contributed by atoms with Crippen LogP contribution in [0.15, 0.2) is 243 Å². The first-order valence-corrected chi connectivity index (χ1v) is 30.8. The maximum Gasteiger partial charge on any atom is 0.270 e. The minimum Gasteiger partial charge on any atom is -0.455 e. The zero-order valence-corrected chi connectivity index (χ0v) is 51.5. The third-order valence-electron chi connectivity index (χ3n) is 18.0. The van der Waals surface area contributed by atoms with Gasteiger partial charge in [0.25, 0.3) is 22.7 Å². The standard InChI is InChI=1S/C76H46N12O10/c1-43-27-29-77-75(31-43)83-63-9-5-3-7-53(63)55-19-17-51(39-71(55)83)97-73-33-45(11-21-69(73)81-65-23-13-47(85(89)90)35-57(65)58-36-48(86(91)92)14-24-66(58)81)61-41-80-62(42-79-61)46-12-22-70(82-67-25-15-49(87(93)94)37-59(67)60-38-50(88(95)96)16-26-68(60)82)74(34-46)98-52-18-20-56-54-8-4-6-10-64(54)84(72(56)40-52)76-32-44(2)28-30-78-76/h3-42H,1-2H3. The van der Waals surface area contributed by atoms with E-state index in [1.807, 2.05) is 156 Å². The monoisotopic (exact) mass is 1290 g/mol. The molecule has 98 heavy (non-hydrogen) atoms. The molecule has 0 N–H and O–H groups in total. The largest absolute Gasteiger partial charge is 0.455 e. The number of nitro groups is 4. The number of non-ortho nitro benzene ring substituents is 4. The molecule has 10 aromatic carbocycles. The van der Waals surface area contributed by atoms with Crippen molar-refractivity contribution in [2.24, 2.45) is 0 Å². The van der Waals surface area contributed by atoms with Gasteiger partial charge in [0.2, 0.25) is 0 Å². The van der Waals surface area contributed by atoms with Crippen LogP contribution in [0.25, 0.3) is 133 Å². The zero-order chi connectivity index (χ0) is 66.8. The van der Waals surface area contributed by atoms with Gasteiger partial charge in [-0.2, -0.15) is 0 Å². The van der Waals surface area contributed by atoms with Gasteiger partial charge >= 0.3 is 0 Å². The summed E-state index contributed by atoms with van der Waals surface area (Å²) < 4.78 is 22.1. The fourth-order valence-electron chi connectivity index (χ4n) is 13.5. The molecule has 0 aliphatic heterocycles. The first-order chi connectivity index (χ1) is 47.7. The molecule has 0 bridgehead atoms. The number of nitro benzene ring substituents is 4. The first kappa shape index (κ1) is 57.8. The maximum atomic E-state index is 12.2. The van der Waals surface area contributed by atoms with E-state index in [0.717, 1.165) is 54.7 Å². The SMILES string of the molecule is Cc1ccnc(-n2c3ccccc3c3ccc(Oc4cc(-c5cnc(-c6ccc(-n7c8ccc([N+](=O)[O-])cc8c8cc([N+](=O)[O-])ccc87)c(Oc7ccc8c9ccccc9n(-c9cc(C)ccn9)c8c7)c6)cn5)ccc4-n4c5ccc([N+](=O)[O-])cc5c5cc([N+](=O)[O-])ccc54)cc32)c1. The number of para-hydroxylation sites is 2. The summed E-state index contributed by atoms with van der Waals surface area (Å²) in [6.45, 7) is 4.02. The van der Waals surface area contributed by atoms with Crippen LogP contribution < -0.4 is 9.47 Å². The second-order valence-corrected chi connectivity index (χ2v) is 23.8. The molecule has 0 saturated heterocycles. The summed E-state index contributed by atoms with van der Waals surface area (Å²) in [5.41, 5.74) is 10.0. The van der Waals surface area contributed by atoms with Crippen LogP contribution in [0.2, 0.25) is 0 Å². The Morgan fingerprint density at radius 3 is 1.01 bits per heavy atom. The number of fused-ring (bicyclic) bond motifs is 12. The Kier molecular flexibility index (Phi) is 13.2. The number of aryl methyl sites for hydroxylation is 2. The average Bonchev–Trinajstić information content (AvgIpc) is 1.59. The Labute approximate surface area is 551 Å². The number of hydrogen-bond donors (Lipinski definition) is 0. The van der Waals surface area contributed by atoms with Crippen molar-refractivity contribution in [2.75, 3.05) is 0 Å². The molecule has 17 rings (SSSR count). The highest BCUT2D eigenvalue weighted by atomic mass is 16.6. The molecule has 17 aromatic rings. The Hall–Kier alpha value is -14.0. The molecule has 22 nitrogen and oxygen atoms in total. The number of rotatable bonds is 14. The molecule has 0 atom stereocenters. The molecule has 22 heteroatoms. The predicted molar refractivity (Wildman–Crippen MR) is 375 cm³/mol. The van der Waals surface area contributed by atoms with E-state index < -0.39 is 19.7 Å². The average molecular weight is 1290 g/mol. The summed E-state index contributed by atoms with van der Waals surface area (Å²) in [7, 11) is 0. The lowest BCUT2D eigenvalue weighted by Crippen LogP contribution is -2.00. The van der Waals surface area contributed by atoms with Crippen LogP contribution in [0.1, 0.15) is 11.1 Å². The predicted octanol–water partition coefficient (Wildman–Crippen LogP) is 18.8. The van der Waals surface area contributed by atoms with E-state index in [2.05, 4.69) is 21.3 Å². The van der Waals surface area contributed by atoms with Gasteiger partial charge in [-0.15, -0.1) is 0 Å². The molecule has 470 valence electrons. The van der Waals surface area contributed by atoms with Crippen molar-refractivity contribution in [3.05, 3.63) is 295 Å². The van der Waals surface area contributed by atoms with Gasteiger partial charge in [-0.1, -0.05) is 48.5 Å². The molecule has 0 amide bonds. The van der Waals surface area contributed by atoms with Crippen LogP contribution in [0, 0.1) is 54.3 Å². The third-order valence-corrected chi connectivity index (χ3v) is 18.0. The number of benzene rings is 10. The van der Waals surface area contributed by atoms with Crippen molar-refractivity contribution >= 4 is 110 Å². The normalized spacial score (nSPS) is 11.7. The number of aromatic nitrogens is 8. The first-order valence-electron chi connectivity index (χ1n) is 30.8. The highest BCUT2D eigenvalue weighted by Gasteiger charge is 2.26. The van der Waals surface area contributed by atoms with E-state index in [0.29, 0.717) is 112 Å². The van der Waals surface area contributed by atoms with Gasteiger partial charge in [0.05, 0.1) is 99.0 Å². The van der Waals surface area contributed by atoms with Crippen LogP contribution in [0.4, 0.5) is 22.7 Å². The van der Waals surface area contributed by atoms with Gasteiger partial charge in [-0.25, -0.2) is 9.97 Å². The fraction of sp³-hybridized carbons (Fsp3) is 0.0263. The quantitative estimate of drug-likeness (QED) is 0.0724. The van der Waals surface area contributed by atoms with Gasteiger partial charge in [0, 0.05) is 127 Å². The summed E-state index contributed by atoms with van der Waals surface area (Å²) in [6, 6.07) is 64.5.